The molecule has 0 amide bonds. The van der Waals surface area contributed by atoms with E-state index in [4.69, 9.17) is 10.5 Å². The van der Waals surface area contributed by atoms with E-state index in [-0.39, 0.29) is 0 Å². The van der Waals surface area contributed by atoms with Crippen molar-refractivity contribution < 1.29 is 4.74 Å². The maximum absolute atomic E-state index is 10.3. The molecule has 0 spiro atoms. The van der Waals surface area contributed by atoms with E-state index in [1.807, 2.05) is 0 Å². The summed E-state index contributed by atoms with van der Waals surface area (Å²) < 4.78 is 4.92. The maximum Gasteiger partial charge on any atom is 0.152 e. The van der Waals surface area contributed by atoms with E-state index in [0.29, 0.717) is 17.1 Å². The van der Waals surface area contributed by atoms with Crippen LogP contribution in [0.1, 0.15) is 5.56 Å². The summed E-state index contributed by atoms with van der Waals surface area (Å²) in [4.78, 5) is 10.3. The molecule has 64 valence electrons. The number of anilines is 1. The highest BCUT2D eigenvalue weighted by atomic mass is 16.5. The average Bonchev–Trinajstić information content (AvgIpc) is 2.03. The van der Waals surface area contributed by atoms with E-state index in [0.717, 1.165) is 5.56 Å². The lowest BCUT2D eigenvalue weighted by Crippen LogP contribution is -1.90. The zero-order valence-electron chi connectivity index (χ0n) is 7.00. The topological polar surface area (TPSA) is 64.7 Å². The van der Waals surface area contributed by atoms with Crippen molar-refractivity contribution in [1.82, 2.24) is 0 Å². The van der Waals surface area contributed by atoms with Crippen molar-refractivity contribution in [2.45, 2.75) is 6.92 Å². The van der Waals surface area contributed by atoms with Crippen LogP contribution in [0.5, 0.6) is 5.75 Å². The summed E-state index contributed by atoms with van der Waals surface area (Å²) in [6, 6.07) is 3.25. The molecule has 0 atom stereocenters. The van der Waals surface area contributed by atoms with Crippen LogP contribution in [0.15, 0.2) is 17.3 Å². The number of benzene rings is 1. The Morgan fingerprint density at radius 1 is 1.50 bits per heavy atom. The molecule has 4 heteroatoms. The van der Waals surface area contributed by atoms with Crippen LogP contribution in [0, 0.1) is 11.8 Å². The lowest BCUT2D eigenvalue weighted by atomic mass is 10.1. The lowest BCUT2D eigenvalue weighted by Gasteiger charge is -2.05. The minimum atomic E-state index is 0.312. The Balaban J connectivity index is 3.33. The zero-order valence-corrected chi connectivity index (χ0v) is 7.00. The Morgan fingerprint density at radius 2 is 2.17 bits per heavy atom. The van der Waals surface area contributed by atoms with Gasteiger partial charge >= 0.3 is 0 Å². The molecule has 0 saturated heterocycles. The quantitative estimate of drug-likeness (QED) is 0.539. The van der Waals surface area contributed by atoms with E-state index in [1.54, 1.807) is 19.1 Å². The van der Waals surface area contributed by atoms with Crippen LogP contribution in [0.4, 0.5) is 11.4 Å². The van der Waals surface area contributed by atoms with Gasteiger partial charge in [-0.1, -0.05) is 0 Å². The normalized spacial score (nSPS) is 9.50. The second kappa shape index (κ2) is 3.21. The first kappa shape index (κ1) is 8.52. The Bertz CT molecular complexity index is 310. The van der Waals surface area contributed by atoms with E-state index in [1.165, 1.54) is 7.11 Å². The zero-order chi connectivity index (χ0) is 9.14. The molecular formula is C8H10N2O2. The van der Waals surface area contributed by atoms with Crippen molar-refractivity contribution in [2.75, 3.05) is 12.8 Å². The fourth-order valence-corrected chi connectivity index (χ4v) is 1.05. The summed E-state index contributed by atoms with van der Waals surface area (Å²) in [6.07, 6.45) is 0. The van der Waals surface area contributed by atoms with Crippen LogP contribution in [0.2, 0.25) is 0 Å². The van der Waals surface area contributed by atoms with Gasteiger partial charge in [0.1, 0.15) is 5.75 Å². The third-order valence-corrected chi connectivity index (χ3v) is 1.60. The van der Waals surface area contributed by atoms with Crippen LogP contribution >= 0.6 is 0 Å². The van der Waals surface area contributed by atoms with Gasteiger partial charge in [0.05, 0.1) is 7.11 Å². The first-order valence-corrected chi connectivity index (χ1v) is 3.46. The monoisotopic (exact) mass is 166 g/mol. The molecule has 1 aromatic carbocycles. The summed E-state index contributed by atoms with van der Waals surface area (Å²) in [5.41, 5.74) is 7.14. The van der Waals surface area contributed by atoms with Crippen LogP contribution in [-0.4, -0.2) is 7.11 Å². The predicted molar refractivity (Wildman–Crippen MR) is 47.6 cm³/mol. The lowest BCUT2D eigenvalue weighted by molar-refractivity contribution is 0.416. The second-order valence-corrected chi connectivity index (χ2v) is 2.48. The molecule has 1 aromatic rings. The fraction of sp³-hybridized carbons (Fsp3) is 0.250. The van der Waals surface area contributed by atoms with Gasteiger partial charge in [-0.05, 0) is 23.7 Å². The molecule has 12 heavy (non-hydrogen) atoms. The Morgan fingerprint density at radius 3 is 2.67 bits per heavy atom. The number of rotatable bonds is 2. The molecule has 0 saturated carbocycles. The number of hydrogen-bond acceptors (Lipinski definition) is 4. The molecule has 0 unspecified atom stereocenters. The molecule has 2 N–H and O–H groups in total. The first-order chi connectivity index (χ1) is 5.69. The molecule has 0 radical (unpaired) electrons. The molecule has 4 nitrogen and oxygen atoms in total. The molecule has 0 aliphatic heterocycles. The minimum Gasteiger partial charge on any atom is -0.494 e. The van der Waals surface area contributed by atoms with Gasteiger partial charge < -0.3 is 10.5 Å². The summed E-state index contributed by atoms with van der Waals surface area (Å²) in [5, 5.41) is 2.85. The summed E-state index contributed by atoms with van der Waals surface area (Å²) >= 11 is 0. The highest BCUT2D eigenvalue weighted by Crippen LogP contribution is 2.32. The van der Waals surface area contributed by atoms with Gasteiger partial charge in [0.15, 0.2) is 5.69 Å². The highest BCUT2D eigenvalue weighted by Gasteiger charge is 2.07. The third kappa shape index (κ3) is 1.37. The number of nitroso groups, excluding NO2 is 1. The average molecular weight is 166 g/mol. The van der Waals surface area contributed by atoms with Crippen LogP contribution < -0.4 is 10.5 Å². The molecule has 0 aliphatic carbocycles. The van der Waals surface area contributed by atoms with Crippen molar-refractivity contribution in [3.63, 3.8) is 0 Å². The van der Waals surface area contributed by atoms with Crippen molar-refractivity contribution in [1.29, 1.82) is 0 Å². The molecule has 0 bridgehead atoms. The van der Waals surface area contributed by atoms with Gasteiger partial charge in [-0.2, -0.15) is 0 Å². The minimum absolute atomic E-state index is 0.312. The number of hydrogen-bond donors (Lipinski definition) is 1. The SMILES string of the molecule is COc1cc(N)cc(C)c1N=O. The van der Waals surface area contributed by atoms with Gasteiger partial charge in [0.2, 0.25) is 0 Å². The third-order valence-electron chi connectivity index (χ3n) is 1.60. The first-order valence-electron chi connectivity index (χ1n) is 3.46. The van der Waals surface area contributed by atoms with Gasteiger partial charge in [0.25, 0.3) is 0 Å². The number of nitrogen functional groups attached to an aromatic ring is 1. The van der Waals surface area contributed by atoms with Crippen LogP contribution in [0.3, 0.4) is 0 Å². The van der Waals surface area contributed by atoms with Gasteiger partial charge in [-0.25, -0.2) is 0 Å². The maximum atomic E-state index is 10.3. The molecule has 0 heterocycles. The van der Waals surface area contributed by atoms with Crippen molar-refractivity contribution in [2.24, 2.45) is 5.18 Å². The largest absolute Gasteiger partial charge is 0.494 e. The second-order valence-electron chi connectivity index (χ2n) is 2.48. The van der Waals surface area contributed by atoms with Crippen LogP contribution in [0.25, 0.3) is 0 Å². The molecule has 1 rings (SSSR count). The Labute approximate surface area is 70.3 Å². The van der Waals surface area contributed by atoms with E-state index in [9.17, 15) is 4.91 Å². The Hall–Kier alpha value is -1.58. The number of aryl methyl sites for hydroxylation is 1. The number of methoxy groups -OCH3 is 1. The van der Waals surface area contributed by atoms with Gasteiger partial charge in [0, 0.05) is 11.8 Å². The van der Waals surface area contributed by atoms with E-state index in [2.05, 4.69) is 5.18 Å². The standard InChI is InChI=1S/C8H10N2O2/c1-5-3-6(9)4-7(12-2)8(5)10-11/h3-4H,9H2,1-2H3. The van der Waals surface area contributed by atoms with Crippen LogP contribution in [-0.2, 0) is 0 Å². The smallest absolute Gasteiger partial charge is 0.152 e. The predicted octanol–water partition coefficient (Wildman–Crippen LogP) is 1.98. The molecule has 0 aliphatic rings. The summed E-state index contributed by atoms with van der Waals surface area (Å²) in [5.74, 6) is 0.419. The van der Waals surface area contributed by atoms with E-state index < -0.39 is 0 Å². The number of nitrogens with two attached hydrogens (primary N) is 1. The molecule has 0 fully saturated rings. The Kier molecular flexibility index (Phi) is 2.28. The number of ether oxygens (including phenoxy) is 1. The highest BCUT2D eigenvalue weighted by molar-refractivity contribution is 5.63. The van der Waals surface area contributed by atoms with Gasteiger partial charge in [-0.3, -0.25) is 0 Å². The van der Waals surface area contributed by atoms with Crippen molar-refractivity contribution in [3.05, 3.63) is 22.6 Å². The van der Waals surface area contributed by atoms with Gasteiger partial charge in [-0.15, -0.1) is 4.91 Å². The summed E-state index contributed by atoms with van der Waals surface area (Å²) in [6.45, 7) is 1.76. The molecular weight excluding hydrogens is 156 g/mol. The fourth-order valence-electron chi connectivity index (χ4n) is 1.05. The van der Waals surface area contributed by atoms with E-state index >= 15 is 0 Å². The van der Waals surface area contributed by atoms with Crippen molar-refractivity contribution in [3.8, 4) is 5.75 Å². The molecule has 0 aromatic heterocycles. The summed E-state index contributed by atoms with van der Waals surface area (Å²) in [7, 11) is 1.48. The number of nitrogens with zero attached hydrogens (tertiary/aromatic N) is 1. The van der Waals surface area contributed by atoms with Crippen molar-refractivity contribution >= 4 is 11.4 Å².